The third-order valence-corrected chi connectivity index (χ3v) is 2.34. The summed E-state index contributed by atoms with van der Waals surface area (Å²) < 4.78 is 5.11. The van der Waals surface area contributed by atoms with Crippen LogP contribution in [0.4, 0.5) is 0 Å². The third-order valence-electron chi connectivity index (χ3n) is 2.34. The standard InChI is InChI=1S/C12H10O3/c1-7-4-3-5-9-6-10(8(2)13)12(14)15-11(7)9/h3-6H,1-2H3. The van der Waals surface area contributed by atoms with Gasteiger partial charge < -0.3 is 4.42 Å². The van der Waals surface area contributed by atoms with Crippen molar-refractivity contribution in [3.63, 3.8) is 0 Å². The molecule has 3 heteroatoms. The van der Waals surface area contributed by atoms with Crippen LogP contribution in [0, 0.1) is 6.92 Å². The lowest BCUT2D eigenvalue weighted by Gasteiger charge is -2.01. The van der Waals surface area contributed by atoms with Gasteiger partial charge in [-0.25, -0.2) is 4.79 Å². The Bertz CT molecular complexity index is 593. The van der Waals surface area contributed by atoms with Crippen LogP contribution in [0.1, 0.15) is 22.8 Å². The Balaban J connectivity index is 2.88. The molecule has 0 aliphatic rings. The van der Waals surface area contributed by atoms with Crippen LogP contribution in [0.3, 0.4) is 0 Å². The predicted molar refractivity (Wildman–Crippen MR) is 57.2 cm³/mol. The number of carbonyl (C=O) groups excluding carboxylic acids is 1. The van der Waals surface area contributed by atoms with Crippen molar-refractivity contribution in [3.05, 3.63) is 45.8 Å². The van der Waals surface area contributed by atoms with Gasteiger partial charge in [0.25, 0.3) is 0 Å². The van der Waals surface area contributed by atoms with E-state index in [0.717, 1.165) is 10.9 Å². The molecular formula is C12H10O3. The molecule has 2 rings (SSSR count). The first kappa shape index (κ1) is 9.65. The van der Waals surface area contributed by atoms with Gasteiger partial charge in [0.05, 0.1) is 0 Å². The summed E-state index contributed by atoms with van der Waals surface area (Å²) >= 11 is 0. The van der Waals surface area contributed by atoms with Gasteiger partial charge in [0.2, 0.25) is 0 Å². The first-order valence-corrected chi connectivity index (χ1v) is 4.64. The summed E-state index contributed by atoms with van der Waals surface area (Å²) in [4.78, 5) is 22.6. The van der Waals surface area contributed by atoms with E-state index in [1.807, 2.05) is 25.1 Å². The van der Waals surface area contributed by atoms with Gasteiger partial charge in [0, 0.05) is 5.39 Å². The van der Waals surface area contributed by atoms with E-state index in [2.05, 4.69) is 0 Å². The molecule has 15 heavy (non-hydrogen) atoms. The van der Waals surface area contributed by atoms with Crippen LogP contribution < -0.4 is 5.63 Å². The minimum atomic E-state index is -0.565. The topological polar surface area (TPSA) is 47.3 Å². The zero-order valence-electron chi connectivity index (χ0n) is 8.53. The average molecular weight is 202 g/mol. The molecule has 76 valence electrons. The van der Waals surface area contributed by atoms with Crippen molar-refractivity contribution in [1.82, 2.24) is 0 Å². The van der Waals surface area contributed by atoms with Crippen molar-refractivity contribution < 1.29 is 9.21 Å². The molecule has 0 saturated heterocycles. The lowest BCUT2D eigenvalue weighted by Crippen LogP contribution is -2.11. The van der Waals surface area contributed by atoms with E-state index in [4.69, 9.17) is 4.42 Å². The number of carbonyl (C=O) groups is 1. The molecule has 2 aromatic rings. The molecule has 0 bridgehead atoms. The van der Waals surface area contributed by atoms with Gasteiger partial charge in [0.1, 0.15) is 11.1 Å². The van der Waals surface area contributed by atoms with Crippen molar-refractivity contribution in [2.75, 3.05) is 0 Å². The molecule has 0 amide bonds. The third kappa shape index (κ3) is 1.56. The molecule has 1 aromatic heterocycles. The lowest BCUT2D eigenvalue weighted by atomic mass is 10.1. The molecule has 0 atom stereocenters. The van der Waals surface area contributed by atoms with Crippen LogP contribution >= 0.6 is 0 Å². The maximum absolute atomic E-state index is 11.4. The van der Waals surface area contributed by atoms with E-state index >= 15 is 0 Å². The number of Topliss-reactive ketones (excluding diaryl/α,β-unsaturated/α-hetero) is 1. The van der Waals surface area contributed by atoms with Crippen LogP contribution in [-0.4, -0.2) is 5.78 Å². The molecule has 0 radical (unpaired) electrons. The Labute approximate surface area is 86.3 Å². The fourth-order valence-electron chi connectivity index (χ4n) is 1.54. The van der Waals surface area contributed by atoms with Gasteiger partial charge >= 0.3 is 5.63 Å². The molecule has 0 aliphatic carbocycles. The fraction of sp³-hybridized carbons (Fsp3) is 0.167. The van der Waals surface area contributed by atoms with E-state index in [1.165, 1.54) is 6.92 Å². The molecule has 0 aliphatic heterocycles. The van der Waals surface area contributed by atoms with E-state index < -0.39 is 5.63 Å². The summed E-state index contributed by atoms with van der Waals surface area (Å²) in [5, 5.41) is 0.778. The molecule has 0 unspecified atom stereocenters. The van der Waals surface area contributed by atoms with Crippen molar-refractivity contribution in [2.24, 2.45) is 0 Å². The smallest absolute Gasteiger partial charge is 0.347 e. The molecule has 0 N–H and O–H groups in total. The van der Waals surface area contributed by atoms with E-state index in [1.54, 1.807) is 6.07 Å². The van der Waals surface area contributed by atoms with Gasteiger partial charge in [-0.2, -0.15) is 0 Å². The molecule has 1 aromatic carbocycles. The Morgan fingerprint density at radius 2 is 2.07 bits per heavy atom. The van der Waals surface area contributed by atoms with Crippen LogP contribution in [0.15, 0.2) is 33.5 Å². The van der Waals surface area contributed by atoms with Crippen LogP contribution in [-0.2, 0) is 0 Å². The molecular weight excluding hydrogens is 192 g/mol. The lowest BCUT2D eigenvalue weighted by molar-refractivity contribution is 0.101. The highest BCUT2D eigenvalue weighted by Crippen LogP contribution is 2.17. The fourth-order valence-corrected chi connectivity index (χ4v) is 1.54. The molecule has 3 nitrogen and oxygen atoms in total. The Morgan fingerprint density at radius 1 is 1.33 bits per heavy atom. The van der Waals surface area contributed by atoms with Crippen LogP contribution in [0.5, 0.6) is 0 Å². The molecule has 0 saturated carbocycles. The van der Waals surface area contributed by atoms with E-state index in [0.29, 0.717) is 5.58 Å². The Morgan fingerprint density at radius 3 is 2.73 bits per heavy atom. The zero-order valence-corrected chi connectivity index (χ0v) is 8.53. The Kier molecular flexibility index (Phi) is 2.15. The maximum Gasteiger partial charge on any atom is 0.347 e. The first-order chi connectivity index (χ1) is 7.09. The SMILES string of the molecule is CC(=O)c1cc2cccc(C)c2oc1=O. The van der Waals surface area contributed by atoms with Gasteiger partial charge in [-0.05, 0) is 25.5 Å². The monoisotopic (exact) mass is 202 g/mol. The zero-order chi connectivity index (χ0) is 11.0. The number of hydrogen-bond acceptors (Lipinski definition) is 3. The summed E-state index contributed by atoms with van der Waals surface area (Å²) in [6.45, 7) is 3.21. The highest BCUT2D eigenvalue weighted by Gasteiger charge is 2.09. The normalized spacial score (nSPS) is 10.5. The number of aryl methyl sites for hydroxylation is 1. The molecule has 0 spiro atoms. The minimum absolute atomic E-state index is 0.105. The number of hydrogen-bond donors (Lipinski definition) is 0. The summed E-state index contributed by atoms with van der Waals surface area (Å²) in [6.07, 6.45) is 0. The second-order valence-corrected chi connectivity index (χ2v) is 3.50. The van der Waals surface area contributed by atoms with E-state index in [-0.39, 0.29) is 11.3 Å². The number of fused-ring (bicyclic) bond motifs is 1. The maximum atomic E-state index is 11.4. The highest BCUT2D eigenvalue weighted by atomic mass is 16.4. The Hall–Kier alpha value is -1.90. The van der Waals surface area contributed by atoms with Gasteiger partial charge in [0.15, 0.2) is 5.78 Å². The van der Waals surface area contributed by atoms with Crippen molar-refractivity contribution >= 4 is 16.8 Å². The van der Waals surface area contributed by atoms with E-state index in [9.17, 15) is 9.59 Å². The number of rotatable bonds is 1. The summed E-state index contributed by atoms with van der Waals surface area (Å²) in [6, 6.07) is 7.12. The first-order valence-electron chi connectivity index (χ1n) is 4.64. The highest BCUT2D eigenvalue weighted by molar-refractivity contribution is 5.96. The van der Waals surface area contributed by atoms with Crippen molar-refractivity contribution in [2.45, 2.75) is 13.8 Å². The quantitative estimate of drug-likeness (QED) is 0.526. The van der Waals surface area contributed by atoms with Crippen LogP contribution in [0.25, 0.3) is 11.0 Å². The van der Waals surface area contributed by atoms with Crippen LogP contribution in [0.2, 0.25) is 0 Å². The second-order valence-electron chi connectivity index (χ2n) is 3.50. The average Bonchev–Trinajstić information content (AvgIpc) is 2.18. The van der Waals surface area contributed by atoms with Crippen molar-refractivity contribution in [1.29, 1.82) is 0 Å². The number of para-hydroxylation sites is 1. The largest absolute Gasteiger partial charge is 0.422 e. The van der Waals surface area contributed by atoms with Crippen molar-refractivity contribution in [3.8, 4) is 0 Å². The molecule has 1 heterocycles. The minimum Gasteiger partial charge on any atom is -0.422 e. The molecule has 0 fully saturated rings. The summed E-state index contributed by atoms with van der Waals surface area (Å²) in [7, 11) is 0. The van der Waals surface area contributed by atoms with Gasteiger partial charge in [-0.1, -0.05) is 18.2 Å². The number of ketones is 1. The summed E-state index contributed by atoms with van der Waals surface area (Å²) in [5.41, 5.74) is 0.976. The number of benzene rings is 1. The predicted octanol–water partition coefficient (Wildman–Crippen LogP) is 2.30. The second kappa shape index (κ2) is 3.35. The van der Waals surface area contributed by atoms with Gasteiger partial charge in [-0.3, -0.25) is 4.79 Å². The van der Waals surface area contributed by atoms with Gasteiger partial charge in [-0.15, -0.1) is 0 Å². The summed E-state index contributed by atoms with van der Waals surface area (Å²) in [5.74, 6) is -0.271.